The van der Waals surface area contributed by atoms with Crippen LogP contribution in [0.3, 0.4) is 0 Å². The second-order valence-corrected chi connectivity index (χ2v) is 10.1. The van der Waals surface area contributed by atoms with Gasteiger partial charge in [0.25, 0.3) is 0 Å². The SMILES string of the molecule is O=C(O)c1c(Cl)ccc(Cl)c1-c1c2ccc(=[N+]3CCCC3)cc-2oc2cc(N3CCCC3)ccc12. The maximum absolute atomic E-state index is 12.3. The average molecular weight is 508 g/mol. The molecule has 4 aliphatic rings. The predicted molar refractivity (Wildman–Crippen MR) is 141 cm³/mol. The monoisotopic (exact) mass is 507 g/mol. The first-order valence-electron chi connectivity index (χ1n) is 12.1. The summed E-state index contributed by atoms with van der Waals surface area (Å²) in [7, 11) is 0. The lowest BCUT2D eigenvalue weighted by atomic mass is 9.90. The summed E-state index contributed by atoms with van der Waals surface area (Å²) in [5.41, 5.74) is 3.76. The minimum atomic E-state index is -1.11. The van der Waals surface area contributed by atoms with Gasteiger partial charge in [-0.25, -0.2) is 9.37 Å². The molecule has 7 heteroatoms. The van der Waals surface area contributed by atoms with Crippen molar-refractivity contribution in [3.05, 3.63) is 69.5 Å². The number of benzene rings is 3. The van der Waals surface area contributed by atoms with E-state index in [2.05, 4.69) is 33.7 Å². The molecule has 2 fully saturated rings. The van der Waals surface area contributed by atoms with Crippen LogP contribution in [-0.2, 0) is 0 Å². The fourth-order valence-corrected chi connectivity index (χ4v) is 5.98. The van der Waals surface area contributed by atoms with E-state index in [1.807, 2.05) is 12.1 Å². The van der Waals surface area contributed by atoms with Crippen LogP contribution in [0.4, 0.5) is 5.69 Å². The molecule has 0 radical (unpaired) electrons. The molecule has 2 aromatic rings. The van der Waals surface area contributed by atoms with Crippen LogP contribution in [0.2, 0.25) is 10.0 Å². The topological polar surface area (TPSA) is 56.7 Å². The smallest absolute Gasteiger partial charge is 0.337 e. The molecular formula is C28H25Cl2N2O3+. The predicted octanol–water partition coefficient (Wildman–Crippen LogP) is 6.38. The molecule has 6 rings (SSSR count). The summed E-state index contributed by atoms with van der Waals surface area (Å²) in [6.07, 6.45) is 4.71. The quantitative estimate of drug-likeness (QED) is 0.258. The number of hydrogen-bond acceptors (Lipinski definition) is 3. The zero-order valence-electron chi connectivity index (χ0n) is 19.2. The van der Waals surface area contributed by atoms with E-state index >= 15 is 0 Å². The summed E-state index contributed by atoms with van der Waals surface area (Å²) < 4.78 is 8.86. The molecule has 3 heterocycles. The van der Waals surface area contributed by atoms with Gasteiger partial charge in [0, 0.05) is 70.9 Å². The number of halogens is 2. The molecule has 0 unspecified atom stereocenters. The molecule has 2 saturated heterocycles. The summed E-state index contributed by atoms with van der Waals surface area (Å²) in [5.74, 6) is -0.417. The first-order valence-corrected chi connectivity index (χ1v) is 12.8. The average Bonchev–Trinajstić information content (AvgIpc) is 3.58. The molecule has 0 amide bonds. The molecule has 2 aromatic carbocycles. The van der Waals surface area contributed by atoms with Gasteiger partial charge >= 0.3 is 5.97 Å². The lowest BCUT2D eigenvalue weighted by Crippen LogP contribution is -2.26. The lowest BCUT2D eigenvalue weighted by Gasteiger charge is -2.21. The third kappa shape index (κ3) is 3.87. The van der Waals surface area contributed by atoms with Gasteiger partial charge in [-0.05, 0) is 43.2 Å². The molecule has 1 N–H and O–H groups in total. The highest BCUT2D eigenvalue weighted by atomic mass is 35.5. The third-order valence-corrected chi connectivity index (χ3v) is 7.83. The number of aromatic carboxylic acids is 1. The van der Waals surface area contributed by atoms with Crippen molar-refractivity contribution in [2.45, 2.75) is 25.7 Å². The number of rotatable bonds is 3. The van der Waals surface area contributed by atoms with Crippen molar-refractivity contribution < 1.29 is 14.3 Å². The van der Waals surface area contributed by atoms with E-state index in [4.69, 9.17) is 27.6 Å². The largest absolute Gasteiger partial charge is 0.478 e. The van der Waals surface area contributed by atoms with Crippen LogP contribution in [0.5, 0.6) is 0 Å². The van der Waals surface area contributed by atoms with Gasteiger partial charge in [-0.15, -0.1) is 0 Å². The molecule has 0 saturated carbocycles. The van der Waals surface area contributed by atoms with Crippen LogP contribution < -0.4 is 14.8 Å². The molecule has 1 aliphatic carbocycles. The summed E-state index contributed by atoms with van der Waals surface area (Å²) in [4.78, 5) is 14.7. The van der Waals surface area contributed by atoms with E-state index in [1.165, 1.54) is 31.7 Å². The maximum Gasteiger partial charge on any atom is 0.337 e. The fourth-order valence-electron chi connectivity index (χ4n) is 5.49. The normalized spacial score (nSPS) is 16.1. The van der Waals surface area contributed by atoms with E-state index in [1.54, 1.807) is 6.07 Å². The maximum atomic E-state index is 12.3. The van der Waals surface area contributed by atoms with E-state index in [9.17, 15) is 9.90 Å². The lowest BCUT2D eigenvalue weighted by molar-refractivity contribution is 0.0698. The summed E-state index contributed by atoms with van der Waals surface area (Å²) in [5, 5.41) is 12.5. The van der Waals surface area contributed by atoms with E-state index in [0.29, 0.717) is 21.9 Å². The van der Waals surface area contributed by atoms with E-state index in [-0.39, 0.29) is 10.6 Å². The van der Waals surface area contributed by atoms with Crippen molar-refractivity contribution in [1.82, 2.24) is 4.58 Å². The van der Waals surface area contributed by atoms with Gasteiger partial charge in [0.2, 0.25) is 5.36 Å². The van der Waals surface area contributed by atoms with Crippen molar-refractivity contribution in [2.24, 2.45) is 0 Å². The van der Waals surface area contributed by atoms with Crippen molar-refractivity contribution in [1.29, 1.82) is 0 Å². The summed E-state index contributed by atoms with van der Waals surface area (Å²) in [6.45, 7) is 4.09. The third-order valence-electron chi connectivity index (χ3n) is 7.20. The standard InChI is InChI=1S/C28H24Cl2N2O3/c29-21-9-10-22(30)27(28(33)34)26(21)25-19-7-5-17(31-11-1-2-12-31)15-23(19)35-24-16-18(6-8-20(24)25)32-13-3-4-14-32/h5-10,15-16H,1-4,11-14H2/p+1. The van der Waals surface area contributed by atoms with Crippen molar-refractivity contribution >= 4 is 45.8 Å². The van der Waals surface area contributed by atoms with Crippen LogP contribution >= 0.6 is 23.2 Å². The first kappa shape index (κ1) is 22.4. The summed E-state index contributed by atoms with van der Waals surface area (Å²) >= 11 is 13.1. The Morgan fingerprint density at radius 3 is 2.37 bits per heavy atom. The number of carboxylic acid groups (broad SMARTS) is 1. The van der Waals surface area contributed by atoms with Crippen LogP contribution in [0.25, 0.3) is 33.4 Å². The number of hydrogen-bond donors (Lipinski definition) is 1. The molecule has 0 bridgehead atoms. The van der Waals surface area contributed by atoms with Crippen molar-refractivity contribution in [3.8, 4) is 22.5 Å². The molecule has 0 aromatic heterocycles. The Bertz CT molecular complexity index is 1510. The molecule has 178 valence electrons. The van der Waals surface area contributed by atoms with Crippen LogP contribution in [0, 0.1) is 0 Å². The van der Waals surface area contributed by atoms with Crippen molar-refractivity contribution in [3.63, 3.8) is 0 Å². The second-order valence-electron chi connectivity index (χ2n) is 9.31. The molecule has 5 nitrogen and oxygen atoms in total. The van der Waals surface area contributed by atoms with Gasteiger partial charge < -0.3 is 14.4 Å². The first-order chi connectivity index (χ1) is 17.0. The van der Waals surface area contributed by atoms with E-state index in [0.717, 1.165) is 53.7 Å². The Labute approximate surface area is 213 Å². The Morgan fingerprint density at radius 1 is 0.886 bits per heavy atom. The molecule has 0 atom stereocenters. The number of anilines is 1. The number of carboxylic acids is 1. The van der Waals surface area contributed by atoms with Gasteiger partial charge in [-0.1, -0.05) is 23.2 Å². The molecular weight excluding hydrogens is 483 g/mol. The van der Waals surface area contributed by atoms with Gasteiger partial charge in [0.15, 0.2) is 0 Å². The zero-order chi connectivity index (χ0) is 24.1. The Balaban J connectivity index is 1.71. The highest BCUT2D eigenvalue weighted by Gasteiger charge is 2.27. The summed E-state index contributed by atoms with van der Waals surface area (Å²) in [6, 6.07) is 15.5. The van der Waals surface area contributed by atoms with Gasteiger partial charge in [0.05, 0.1) is 16.7 Å². The Morgan fingerprint density at radius 2 is 1.63 bits per heavy atom. The Hall–Kier alpha value is -3.02. The minimum absolute atomic E-state index is 0.000190. The minimum Gasteiger partial charge on any atom is -0.478 e. The van der Waals surface area contributed by atoms with Gasteiger partial charge in [-0.2, -0.15) is 0 Å². The fraction of sp³-hybridized carbons (Fsp3) is 0.286. The number of carbonyl (C=O) groups is 1. The van der Waals surface area contributed by atoms with Crippen LogP contribution in [0.15, 0.2) is 52.9 Å². The molecule has 0 spiro atoms. The zero-order valence-corrected chi connectivity index (χ0v) is 20.7. The van der Waals surface area contributed by atoms with E-state index < -0.39 is 5.97 Å². The number of fused-ring (bicyclic) bond motifs is 2. The van der Waals surface area contributed by atoms with Gasteiger partial charge in [-0.3, -0.25) is 0 Å². The molecule has 3 aliphatic heterocycles. The number of nitrogens with zero attached hydrogens (tertiary/aromatic N) is 2. The van der Waals surface area contributed by atoms with Crippen LogP contribution in [0.1, 0.15) is 36.0 Å². The highest BCUT2D eigenvalue weighted by molar-refractivity contribution is 6.39. The van der Waals surface area contributed by atoms with Gasteiger partial charge in [0.1, 0.15) is 24.4 Å². The van der Waals surface area contributed by atoms with Crippen LogP contribution in [-0.4, -0.2) is 37.3 Å². The Kier molecular flexibility index (Phi) is 5.70. The highest BCUT2D eigenvalue weighted by Crippen LogP contribution is 2.46. The van der Waals surface area contributed by atoms with Crippen molar-refractivity contribution in [2.75, 3.05) is 31.1 Å². The molecule has 35 heavy (non-hydrogen) atoms. The second kappa shape index (κ2) is 8.89.